The Kier molecular flexibility index (Phi) is 9.41. The Balaban J connectivity index is 0.00000176. The Morgan fingerprint density at radius 2 is 1.64 bits per heavy atom. The highest BCUT2D eigenvalue weighted by Gasteiger charge is 2.34. The smallest absolute Gasteiger partial charge is 0.406 e. The number of carbonyl (C=O) groups is 1. The third kappa shape index (κ3) is 6.59. The van der Waals surface area contributed by atoms with Gasteiger partial charge in [-0.25, -0.2) is 0 Å². The van der Waals surface area contributed by atoms with Gasteiger partial charge in [0.05, 0.1) is 6.61 Å². The minimum Gasteiger partial charge on any atom is -0.406 e. The summed E-state index contributed by atoms with van der Waals surface area (Å²) in [7, 11) is 0. The molecule has 2 saturated heterocycles. The number of hydrogen-bond donors (Lipinski definition) is 1. The molecule has 0 spiro atoms. The molecule has 8 heteroatoms. The maximum absolute atomic E-state index is 13.4. The van der Waals surface area contributed by atoms with Gasteiger partial charge in [0.1, 0.15) is 5.75 Å². The van der Waals surface area contributed by atoms with E-state index in [1.54, 1.807) is 6.07 Å². The van der Waals surface area contributed by atoms with Crippen LogP contribution in [0.25, 0.3) is 11.1 Å². The molecule has 2 aliphatic heterocycles. The number of carbonyl (C=O) groups excluding carboxylic acids is 1. The van der Waals surface area contributed by atoms with E-state index in [0.29, 0.717) is 30.3 Å². The lowest BCUT2D eigenvalue weighted by Crippen LogP contribution is -2.49. The van der Waals surface area contributed by atoms with Crippen LogP contribution in [-0.2, 0) is 0 Å². The average molecular weight is 507 g/mol. The topological polar surface area (TPSA) is 53.0 Å². The fraction of sp³-hybridized carbons (Fsp3) is 0.536. The van der Waals surface area contributed by atoms with Gasteiger partial charge in [0, 0.05) is 30.7 Å². The van der Waals surface area contributed by atoms with Gasteiger partial charge in [-0.2, -0.15) is 0 Å². The summed E-state index contributed by atoms with van der Waals surface area (Å²) >= 11 is 0. The quantitative estimate of drug-likeness (QED) is 0.544. The molecule has 2 aromatic carbocycles. The molecular weight excluding hydrogens is 469 g/mol. The van der Waals surface area contributed by atoms with Crippen molar-refractivity contribution in [2.24, 2.45) is 0 Å². The SMILES string of the molecule is CC.Cc1cc(-c2cccc(OC(F)(F)F)c2)cc(C)c1C(=O)N1CCC(N2CCC[C@H]2CO)CC1. The summed E-state index contributed by atoms with van der Waals surface area (Å²) in [6.07, 6.45) is -0.817. The molecule has 0 aliphatic carbocycles. The third-order valence-corrected chi connectivity index (χ3v) is 7.00. The molecule has 0 bridgehead atoms. The Hall–Kier alpha value is -2.58. The van der Waals surface area contributed by atoms with Crippen LogP contribution in [0.4, 0.5) is 13.2 Å². The van der Waals surface area contributed by atoms with Crippen LogP contribution in [0.1, 0.15) is 61.0 Å². The first-order valence-corrected chi connectivity index (χ1v) is 12.8. The number of halogens is 3. The molecule has 0 saturated carbocycles. The zero-order valence-electron chi connectivity index (χ0n) is 21.6. The van der Waals surface area contributed by atoms with E-state index >= 15 is 0 Å². The summed E-state index contributed by atoms with van der Waals surface area (Å²) in [6, 6.07) is 10.2. The second-order valence-corrected chi connectivity index (χ2v) is 9.30. The zero-order chi connectivity index (χ0) is 26.5. The molecule has 2 fully saturated rings. The second-order valence-electron chi connectivity index (χ2n) is 9.30. The van der Waals surface area contributed by atoms with E-state index in [1.807, 2.05) is 44.7 Å². The molecular formula is C28H37F3N2O3. The predicted molar refractivity (Wildman–Crippen MR) is 135 cm³/mol. The standard InChI is InChI=1S/C26H31F3N2O3.C2H6/c1-17-13-20(19-5-3-7-23(15-19)34-26(27,28)29)14-18(2)24(17)25(33)30-11-8-21(9-12-30)31-10-4-6-22(31)16-32;1-2/h3,5,7,13-15,21-22,32H,4,6,8-12,16H2,1-2H3;1-2H3/t22-;/m0./s1. The molecule has 2 heterocycles. The van der Waals surface area contributed by atoms with Crippen molar-refractivity contribution in [1.29, 1.82) is 0 Å². The number of aliphatic hydroxyl groups excluding tert-OH is 1. The summed E-state index contributed by atoms with van der Waals surface area (Å²) in [5.74, 6) is -0.279. The molecule has 36 heavy (non-hydrogen) atoms. The van der Waals surface area contributed by atoms with Gasteiger partial charge in [-0.15, -0.1) is 13.2 Å². The number of aliphatic hydroxyl groups is 1. The second kappa shape index (κ2) is 12.1. The van der Waals surface area contributed by atoms with E-state index in [0.717, 1.165) is 48.9 Å². The van der Waals surface area contributed by atoms with Gasteiger partial charge in [0.15, 0.2) is 0 Å². The number of ether oxygens (including phenoxy) is 1. The normalized spacial score (nSPS) is 19.1. The van der Waals surface area contributed by atoms with Crippen molar-refractivity contribution in [2.75, 3.05) is 26.2 Å². The number of likely N-dealkylation sites (tertiary alicyclic amines) is 2. The third-order valence-electron chi connectivity index (χ3n) is 7.00. The molecule has 2 aliphatic rings. The Morgan fingerprint density at radius 3 is 2.22 bits per heavy atom. The van der Waals surface area contributed by atoms with Crippen LogP contribution >= 0.6 is 0 Å². The molecule has 0 unspecified atom stereocenters. The van der Waals surface area contributed by atoms with E-state index in [4.69, 9.17) is 0 Å². The van der Waals surface area contributed by atoms with Crippen LogP contribution < -0.4 is 4.74 Å². The molecule has 1 N–H and O–H groups in total. The van der Waals surface area contributed by atoms with Crippen LogP contribution in [0.15, 0.2) is 36.4 Å². The lowest BCUT2D eigenvalue weighted by molar-refractivity contribution is -0.274. The van der Waals surface area contributed by atoms with Gasteiger partial charge in [-0.1, -0.05) is 38.1 Å². The Bertz CT molecular complexity index is 1010. The fourth-order valence-corrected chi connectivity index (χ4v) is 5.43. The van der Waals surface area contributed by atoms with Crippen LogP contribution in [0.5, 0.6) is 5.75 Å². The number of piperidine rings is 1. The minimum atomic E-state index is -4.75. The monoisotopic (exact) mass is 506 g/mol. The van der Waals surface area contributed by atoms with Crippen LogP contribution in [0, 0.1) is 13.8 Å². The Labute approximate surface area is 211 Å². The van der Waals surface area contributed by atoms with Crippen molar-refractivity contribution in [1.82, 2.24) is 9.80 Å². The lowest BCUT2D eigenvalue weighted by Gasteiger charge is -2.39. The summed E-state index contributed by atoms with van der Waals surface area (Å²) in [4.78, 5) is 17.7. The van der Waals surface area contributed by atoms with Crippen molar-refractivity contribution in [2.45, 2.75) is 71.8 Å². The number of alkyl halides is 3. The fourth-order valence-electron chi connectivity index (χ4n) is 5.43. The van der Waals surface area contributed by atoms with Gasteiger partial charge in [0.2, 0.25) is 0 Å². The maximum Gasteiger partial charge on any atom is 0.573 e. The number of rotatable bonds is 5. The van der Waals surface area contributed by atoms with E-state index < -0.39 is 6.36 Å². The minimum absolute atomic E-state index is 0.00529. The molecule has 2 aromatic rings. The summed E-state index contributed by atoms with van der Waals surface area (Å²) in [5, 5.41) is 9.62. The molecule has 0 aromatic heterocycles. The number of benzene rings is 2. The molecule has 1 amide bonds. The van der Waals surface area contributed by atoms with Crippen molar-refractivity contribution < 1.29 is 27.8 Å². The summed E-state index contributed by atoms with van der Waals surface area (Å²) in [5.41, 5.74) is 3.58. The molecule has 4 rings (SSSR count). The van der Waals surface area contributed by atoms with Gasteiger partial charge >= 0.3 is 6.36 Å². The van der Waals surface area contributed by atoms with E-state index in [1.165, 1.54) is 18.2 Å². The van der Waals surface area contributed by atoms with Crippen molar-refractivity contribution in [3.8, 4) is 16.9 Å². The van der Waals surface area contributed by atoms with Gasteiger partial charge in [0.25, 0.3) is 5.91 Å². The van der Waals surface area contributed by atoms with Crippen molar-refractivity contribution >= 4 is 5.91 Å². The summed E-state index contributed by atoms with van der Waals surface area (Å²) < 4.78 is 41.8. The number of nitrogens with zero attached hydrogens (tertiary/aromatic N) is 2. The van der Waals surface area contributed by atoms with Crippen molar-refractivity contribution in [3.05, 3.63) is 53.1 Å². The van der Waals surface area contributed by atoms with Gasteiger partial charge < -0.3 is 14.7 Å². The first kappa shape index (κ1) is 28.0. The van der Waals surface area contributed by atoms with Crippen LogP contribution in [0.3, 0.4) is 0 Å². The highest BCUT2D eigenvalue weighted by Crippen LogP contribution is 2.32. The van der Waals surface area contributed by atoms with Crippen molar-refractivity contribution in [3.63, 3.8) is 0 Å². The Morgan fingerprint density at radius 1 is 1.00 bits per heavy atom. The van der Waals surface area contributed by atoms with E-state index in [-0.39, 0.29) is 24.3 Å². The van der Waals surface area contributed by atoms with Gasteiger partial charge in [-0.3, -0.25) is 9.69 Å². The number of hydrogen-bond acceptors (Lipinski definition) is 4. The first-order chi connectivity index (χ1) is 17.2. The van der Waals surface area contributed by atoms with Crippen LogP contribution in [-0.4, -0.2) is 65.5 Å². The predicted octanol–water partition coefficient (Wildman–Crippen LogP) is 5.96. The number of amides is 1. The first-order valence-electron chi connectivity index (χ1n) is 12.8. The highest BCUT2D eigenvalue weighted by atomic mass is 19.4. The number of aryl methyl sites for hydroxylation is 2. The zero-order valence-corrected chi connectivity index (χ0v) is 21.6. The highest BCUT2D eigenvalue weighted by molar-refractivity contribution is 5.98. The maximum atomic E-state index is 13.4. The molecule has 5 nitrogen and oxygen atoms in total. The molecule has 0 radical (unpaired) electrons. The molecule has 198 valence electrons. The largest absolute Gasteiger partial charge is 0.573 e. The summed E-state index contributed by atoms with van der Waals surface area (Å²) in [6.45, 7) is 10.3. The van der Waals surface area contributed by atoms with E-state index in [9.17, 15) is 23.1 Å². The molecule has 1 atom stereocenters. The van der Waals surface area contributed by atoms with Gasteiger partial charge in [-0.05, 0) is 80.5 Å². The lowest BCUT2D eigenvalue weighted by atomic mass is 9.93. The van der Waals surface area contributed by atoms with E-state index in [2.05, 4.69) is 9.64 Å². The average Bonchev–Trinajstić information content (AvgIpc) is 3.33. The van der Waals surface area contributed by atoms with Crippen LogP contribution in [0.2, 0.25) is 0 Å².